The second-order valence-electron chi connectivity index (χ2n) is 4.83. The molecule has 0 bridgehead atoms. The largest absolute Gasteiger partial charge is 0.296 e. The molecule has 1 aromatic rings. The van der Waals surface area contributed by atoms with Gasteiger partial charge in [-0.3, -0.25) is 9.80 Å². The van der Waals surface area contributed by atoms with Crippen molar-refractivity contribution in [1.29, 1.82) is 5.26 Å². The van der Waals surface area contributed by atoms with E-state index in [0.717, 1.165) is 38.3 Å². The summed E-state index contributed by atoms with van der Waals surface area (Å²) in [5, 5.41) is 10.2. The lowest BCUT2D eigenvalue weighted by Crippen LogP contribution is -2.48. The van der Waals surface area contributed by atoms with Crippen molar-refractivity contribution in [1.82, 2.24) is 9.80 Å². The highest BCUT2D eigenvalue weighted by Gasteiger charge is 2.21. The second-order valence-corrected chi connectivity index (χ2v) is 5.62. The first kappa shape index (κ1) is 14.6. The molecule has 0 radical (unpaired) electrons. The average molecular weight is 298 g/mol. The van der Waals surface area contributed by atoms with Gasteiger partial charge >= 0.3 is 0 Å². The van der Waals surface area contributed by atoms with Crippen LogP contribution in [0.4, 0.5) is 0 Å². The Morgan fingerprint density at radius 1 is 1.26 bits per heavy atom. The molecule has 1 heterocycles. The minimum absolute atomic E-state index is 0.00286. The molecule has 0 N–H and O–H groups in total. The zero-order valence-electron chi connectivity index (χ0n) is 10.9. The maximum absolute atomic E-state index is 8.92. The quantitative estimate of drug-likeness (QED) is 0.859. The molecule has 3 nitrogen and oxygen atoms in total. The SMILES string of the molecule is CC(C#N)N1CCN(Cc2cccc(Cl)c2Cl)CC1. The maximum Gasteiger partial charge on any atom is 0.0950 e. The molecule has 1 fully saturated rings. The molecule has 0 aliphatic carbocycles. The van der Waals surface area contributed by atoms with Crippen molar-refractivity contribution >= 4 is 23.2 Å². The summed E-state index contributed by atoms with van der Waals surface area (Å²) in [7, 11) is 0. The lowest BCUT2D eigenvalue weighted by molar-refractivity contribution is 0.114. The van der Waals surface area contributed by atoms with Crippen LogP contribution in [0, 0.1) is 11.3 Å². The van der Waals surface area contributed by atoms with Gasteiger partial charge in [0, 0.05) is 32.7 Å². The first-order chi connectivity index (χ1) is 9.11. The summed E-state index contributed by atoms with van der Waals surface area (Å²) < 4.78 is 0. The summed E-state index contributed by atoms with van der Waals surface area (Å²) in [6, 6.07) is 8.03. The highest BCUT2D eigenvalue weighted by Crippen LogP contribution is 2.26. The van der Waals surface area contributed by atoms with E-state index in [2.05, 4.69) is 15.9 Å². The van der Waals surface area contributed by atoms with Crippen LogP contribution >= 0.6 is 23.2 Å². The molecule has 0 amide bonds. The number of nitriles is 1. The first-order valence-electron chi connectivity index (χ1n) is 6.40. The minimum atomic E-state index is -0.00286. The van der Waals surface area contributed by atoms with Crippen LogP contribution in [0.15, 0.2) is 18.2 Å². The Morgan fingerprint density at radius 2 is 1.95 bits per heavy atom. The molecule has 0 aromatic heterocycles. The van der Waals surface area contributed by atoms with Gasteiger partial charge in [0.05, 0.1) is 22.2 Å². The van der Waals surface area contributed by atoms with E-state index in [4.69, 9.17) is 28.5 Å². The van der Waals surface area contributed by atoms with Crippen LogP contribution < -0.4 is 0 Å². The van der Waals surface area contributed by atoms with Crippen LogP contribution in [0.1, 0.15) is 12.5 Å². The van der Waals surface area contributed by atoms with E-state index in [0.29, 0.717) is 10.0 Å². The lowest BCUT2D eigenvalue weighted by Gasteiger charge is -2.36. The van der Waals surface area contributed by atoms with Crippen molar-refractivity contribution in [3.63, 3.8) is 0 Å². The van der Waals surface area contributed by atoms with Crippen LogP contribution in [0.2, 0.25) is 10.0 Å². The van der Waals surface area contributed by atoms with Gasteiger partial charge in [-0.1, -0.05) is 35.3 Å². The third kappa shape index (κ3) is 3.61. The molecule has 0 saturated carbocycles. The Kier molecular flexibility index (Phi) is 5.06. The highest BCUT2D eigenvalue weighted by atomic mass is 35.5. The van der Waals surface area contributed by atoms with Crippen LogP contribution in [0.5, 0.6) is 0 Å². The summed E-state index contributed by atoms with van der Waals surface area (Å²) in [4.78, 5) is 4.55. The van der Waals surface area contributed by atoms with E-state index < -0.39 is 0 Å². The Labute approximate surface area is 124 Å². The summed E-state index contributed by atoms with van der Waals surface area (Å²) >= 11 is 12.2. The monoisotopic (exact) mass is 297 g/mol. The van der Waals surface area contributed by atoms with Crippen molar-refractivity contribution in [2.75, 3.05) is 26.2 Å². The Balaban J connectivity index is 1.93. The molecule has 102 valence electrons. The Morgan fingerprint density at radius 3 is 2.58 bits per heavy atom. The van der Waals surface area contributed by atoms with Gasteiger partial charge < -0.3 is 0 Å². The Hall–Kier alpha value is -0.790. The topological polar surface area (TPSA) is 30.3 Å². The number of nitrogens with zero attached hydrogens (tertiary/aromatic N) is 3. The van der Waals surface area contributed by atoms with Gasteiger partial charge in [-0.25, -0.2) is 0 Å². The standard InChI is InChI=1S/C14H17Cl2N3/c1-11(9-17)19-7-5-18(6-8-19)10-12-3-2-4-13(15)14(12)16/h2-4,11H,5-8,10H2,1H3. The van der Waals surface area contributed by atoms with E-state index in [-0.39, 0.29) is 6.04 Å². The summed E-state index contributed by atoms with van der Waals surface area (Å²) in [6.07, 6.45) is 0. The molecule has 1 aromatic carbocycles. The summed E-state index contributed by atoms with van der Waals surface area (Å²) in [5.74, 6) is 0. The molecular weight excluding hydrogens is 281 g/mol. The molecule has 19 heavy (non-hydrogen) atoms. The van der Waals surface area contributed by atoms with Gasteiger partial charge in [-0.05, 0) is 18.6 Å². The van der Waals surface area contributed by atoms with Crippen molar-refractivity contribution in [3.8, 4) is 6.07 Å². The van der Waals surface area contributed by atoms with Crippen molar-refractivity contribution in [2.45, 2.75) is 19.5 Å². The van der Waals surface area contributed by atoms with Crippen molar-refractivity contribution in [3.05, 3.63) is 33.8 Å². The van der Waals surface area contributed by atoms with Gasteiger partial charge in [0.2, 0.25) is 0 Å². The number of halogens is 2. The zero-order valence-corrected chi connectivity index (χ0v) is 12.5. The number of hydrogen-bond acceptors (Lipinski definition) is 3. The third-order valence-electron chi connectivity index (χ3n) is 3.57. The molecular formula is C14H17Cl2N3. The molecule has 1 aliphatic heterocycles. The van der Waals surface area contributed by atoms with Gasteiger partial charge in [0.25, 0.3) is 0 Å². The van der Waals surface area contributed by atoms with Gasteiger partial charge in [0.1, 0.15) is 0 Å². The van der Waals surface area contributed by atoms with Gasteiger partial charge in [-0.2, -0.15) is 5.26 Å². The highest BCUT2D eigenvalue weighted by molar-refractivity contribution is 6.42. The fraction of sp³-hybridized carbons (Fsp3) is 0.500. The number of benzene rings is 1. The number of rotatable bonds is 3. The number of hydrogen-bond donors (Lipinski definition) is 0. The summed E-state index contributed by atoms with van der Waals surface area (Å²) in [5.41, 5.74) is 1.07. The van der Waals surface area contributed by atoms with Crippen LogP contribution in [-0.4, -0.2) is 42.0 Å². The second kappa shape index (κ2) is 6.58. The van der Waals surface area contributed by atoms with Crippen LogP contribution in [-0.2, 0) is 6.54 Å². The molecule has 1 aliphatic rings. The lowest BCUT2D eigenvalue weighted by atomic mass is 10.2. The number of piperazine rings is 1. The molecule has 0 spiro atoms. The molecule has 1 saturated heterocycles. The van der Waals surface area contributed by atoms with E-state index in [1.807, 2.05) is 19.1 Å². The predicted octanol–water partition coefficient (Wildman–Crippen LogP) is 3.02. The van der Waals surface area contributed by atoms with Crippen molar-refractivity contribution < 1.29 is 0 Å². The third-order valence-corrected chi connectivity index (χ3v) is 4.43. The van der Waals surface area contributed by atoms with E-state index >= 15 is 0 Å². The van der Waals surface area contributed by atoms with Gasteiger partial charge in [-0.15, -0.1) is 0 Å². The molecule has 1 atom stereocenters. The maximum atomic E-state index is 8.92. The minimum Gasteiger partial charge on any atom is -0.296 e. The van der Waals surface area contributed by atoms with Gasteiger partial charge in [0.15, 0.2) is 0 Å². The van der Waals surface area contributed by atoms with E-state index in [9.17, 15) is 0 Å². The van der Waals surface area contributed by atoms with E-state index in [1.54, 1.807) is 6.07 Å². The molecule has 2 rings (SSSR count). The smallest absolute Gasteiger partial charge is 0.0950 e. The summed E-state index contributed by atoms with van der Waals surface area (Å²) in [6.45, 7) is 6.52. The normalized spacial score (nSPS) is 19.1. The fourth-order valence-corrected chi connectivity index (χ4v) is 2.68. The fourth-order valence-electron chi connectivity index (χ4n) is 2.30. The Bertz CT molecular complexity index is 476. The first-order valence-corrected chi connectivity index (χ1v) is 7.16. The van der Waals surface area contributed by atoms with E-state index in [1.165, 1.54) is 0 Å². The van der Waals surface area contributed by atoms with Crippen molar-refractivity contribution in [2.24, 2.45) is 0 Å². The zero-order chi connectivity index (χ0) is 13.8. The van der Waals surface area contributed by atoms with Crippen LogP contribution in [0.3, 0.4) is 0 Å². The van der Waals surface area contributed by atoms with Crippen LogP contribution in [0.25, 0.3) is 0 Å². The molecule has 1 unspecified atom stereocenters. The average Bonchev–Trinajstić information content (AvgIpc) is 2.44. The molecule has 5 heteroatoms. The predicted molar refractivity (Wildman–Crippen MR) is 78.4 cm³/mol.